The molecule has 4 aromatic carbocycles. The van der Waals surface area contributed by atoms with E-state index in [4.69, 9.17) is 0 Å². The van der Waals surface area contributed by atoms with Crippen molar-refractivity contribution in [2.45, 2.75) is 100 Å². The molecule has 50 heavy (non-hydrogen) atoms. The van der Waals surface area contributed by atoms with Gasteiger partial charge in [-0.15, -0.1) is 0 Å². The van der Waals surface area contributed by atoms with E-state index in [9.17, 15) is 0 Å². The van der Waals surface area contributed by atoms with Crippen LogP contribution in [0, 0.1) is 25.7 Å². The Labute approximate surface area is 318 Å². The standard InChI is InChI=1S/2C22H23.C3H6.2ClH.Hf/c2*1-16-10-12-18(13-11-16)21-9-5-8-19-14-20(15-22(19)21)17-6-3-2-4-7-17;1-3-2;;;/h2*5,8-15,17H,2-4,6-7H2,1H3;1-3H2;2*1H;/q;;;;;+2/p-2. The van der Waals surface area contributed by atoms with Crippen molar-refractivity contribution >= 4 is 12.2 Å². The molecule has 0 N–H and O–H groups in total. The van der Waals surface area contributed by atoms with E-state index >= 15 is 0 Å². The zero-order valence-electron chi connectivity index (χ0n) is 30.0. The monoisotopic (exact) mass is 866 g/mol. The first-order valence-electron chi connectivity index (χ1n) is 19.4. The molecule has 3 fully saturated rings. The number of rotatable bonds is 6. The summed E-state index contributed by atoms with van der Waals surface area (Å²) in [6, 6.07) is 33.6. The summed E-state index contributed by atoms with van der Waals surface area (Å²) >= 11 is -3.15. The van der Waals surface area contributed by atoms with Gasteiger partial charge in [0, 0.05) is 0 Å². The Balaban J connectivity index is 0.00000196. The third kappa shape index (κ3) is 6.20. The molecule has 0 nitrogen and oxygen atoms in total. The Bertz CT molecular complexity index is 1750. The molecule has 0 amide bonds. The summed E-state index contributed by atoms with van der Waals surface area (Å²) in [5, 5.41) is 0. The number of fused-ring (bicyclic) bond motifs is 2. The number of hydrogen-bond acceptors (Lipinski definition) is 0. The zero-order valence-corrected chi connectivity index (χ0v) is 35.1. The van der Waals surface area contributed by atoms with Crippen LogP contribution in [0.1, 0.15) is 111 Å². The summed E-state index contributed by atoms with van der Waals surface area (Å²) in [5.41, 5.74) is 18.9. The second kappa shape index (κ2) is 15.0. The molecule has 1 aliphatic heterocycles. The van der Waals surface area contributed by atoms with Crippen LogP contribution in [0.4, 0.5) is 0 Å². The average molecular weight is 866 g/mol. The molecule has 258 valence electrons. The first-order valence-corrected chi connectivity index (χ1v) is 28.7. The molecule has 0 spiro atoms. The number of benzene rings is 4. The van der Waals surface area contributed by atoms with Gasteiger partial charge in [-0.3, -0.25) is 0 Å². The first kappa shape index (κ1) is 36.2. The van der Waals surface area contributed by atoms with Crippen molar-refractivity contribution in [3.05, 3.63) is 129 Å². The fourth-order valence-corrected chi connectivity index (χ4v) is 33.9. The minimum Gasteiger partial charge on any atom is -1.00 e. The predicted octanol–water partition coefficient (Wildman–Crippen LogP) is 7.78. The molecule has 1 saturated heterocycles. The van der Waals surface area contributed by atoms with Crippen molar-refractivity contribution in [1.29, 1.82) is 0 Å². The van der Waals surface area contributed by atoms with Gasteiger partial charge in [-0.25, -0.2) is 0 Å². The van der Waals surface area contributed by atoms with E-state index < -0.39 is 20.0 Å². The third-order valence-electron chi connectivity index (χ3n) is 13.5. The number of hydrogen-bond donors (Lipinski definition) is 0. The van der Waals surface area contributed by atoms with E-state index in [-0.39, 0.29) is 24.8 Å². The first-order chi connectivity index (χ1) is 23.6. The molecule has 0 radical (unpaired) electrons. The van der Waals surface area contributed by atoms with Crippen molar-refractivity contribution in [3.8, 4) is 22.3 Å². The molecule has 5 aliphatic rings. The van der Waals surface area contributed by atoms with Crippen LogP contribution < -0.4 is 24.8 Å². The van der Waals surface area contributed by atoms with Gasteiger partial charge in [-0.2, -0.15) is 0 Å². The van der Waals surface area contributed by atoms with Crippen molar-refractivity contribution in [2.75, 3.05) is 0 Å². The van der Waals surface area contributed by atoms with Gasteiger partial charge >= 0.3 is 296 Å². The van der Waals surface area contributed by atoms with Crippen molar-refractivity contribution in [2.24, 2.45) is 11.8 Å². The minimum atomic E-state index is -3.15. The topological polar surface area (TPSA) is 0 Å². The van der Waals surface area contributed by atoms with Gasteiger partial charge in [0.25, 0.3) is 0 Å². The van der Waals surface area contributed by atoms with Crippen LogP contribution >= 0.6 is 0 Å². The molecule has 1 heterocycles. The van der Waals surface area contributed by atoms with Crippen LogP contribution in [-0.2, 0) is 20.0 Å². The summed E-state index contributed by atoms with van der Waals surface area (Å²) in [6.45, 7) is 4.43. The molecule has 2 unspecified atom stereocenters. The van der Waals surface area contributed by atoms with E-state index in [2.05, 4.69) is 111 Å². The zero-order chi connectivity index (χ0) is 32.2. The van der Waals surface area contributed by atoms with Crippen molar-refractivity contribution in [3.63, 3.8) is 0 Å². The van der Waals surface area contributed by atoms with Crippen molar-refractivity contribution < 1.29 is 44.8 Å². The predicted molar refractivity (Wildman–Crippen MR) is 202 cm³/mol. The minimum absolute atomic E-state index is 0. The van der Waals surface area contributed by atoms with Crippen molar-refractivity contribution in [1.82, 2.24) is 0 Å². The molecule has 9 rings (SSSR count). The average Bonchev–Trinajstić information content (AvgIpc) is 3.70. The quantitative estimate of drug-likeness (QED) is 0.174. The van der Waals surface area contributed by atoms with Gasteiger partial charge in [0.1, 0.15) is 0 Å². The number of aryl methyl sites for hydroxylation is 2. The van der Waals surface area contributed by atoms with Crippen LogP contribution in [0.15, 0.2) is 96.1 Å². The third-order valence-corrected chi connectivity index (χ3v) is 35.6. The Kier molecular flexibility index (Phi) is 10.9. The normalized spacial score (nSPS) is 22.0. The van der Waals surface area contributed by atoms with Gasteiger partial charge in [0.05, 0.1) is 0 Å². The summed E-state index contributed by atoms with van der Waals surface area (Å²) < 4.78 is 4.61. The van der Waals surface area contributed by atoms with Gasteiger partial charge in [0.2, 0.25) is 0 Å². The fraction of sp³-hybridized carbons (Fsp3) is 0.404. The Morgan fingerprint density at radius 2 is 0.860 bits per heavy atom. The van der Waals surface area contributed by atoms with Crippen LogP contribution in [-0.4, -0.2) is 0 Å². The molecule has 0 bridgehead atoms. The second-order valence-corrected chi connectivity index (χ2v) is 32.9. The SMILES string of the molecule is Cc1ccc(-c2cccc3c2C=C(C2CCCCC2)[CH]3[Hf+2]2([CH]3C(C4CCCCC4)=Cc4c(-c5ccc(C)cc5)cccc43)[CH2]C[CH2]2)cc1.[Cl-].[Cl-]. The van der Waals surface area contributed by atoms with E-state index in [0.29, 0.717) is 0 Å². The van der Waals surface area contributed by atoms with E-state index in [1.54, 1.807) is 30.6 Å². The van der Waals surface area contributed by atoms with Crippen LogP contribution in [0.25, 0.3) is 34.4 Å². The Morgan fingerprint density at radius 1 is 0.460 bits per heavy atom. The molecular formula is C47H52Cl2Hf. The molecule has 2 saturated carbocycles. The second-order valence-electron chi connectivity index (χ2n) is 16.3. The van der Waals surface area contributed by atoms with Crippen LogP contribution in [0.5, 0.6) is 0 Å². The van der Waals surface area contributed by atoms with Gasteiger partial charge < -0.3 is 24.8 Å². The fourth-order valence-electron chi connectivity index (χ4n) is 11.0. The molecule has 0 aromatic heterocycles. The maximum Gasteiger partial charge on any atom is -1.00 e. The summed E-state index contributed by atoms with van der Waals surface area (Å²) in [6.07, 6.45) is 21.2. The van der Waals surface area contributed by atoms with Crippen LogP contribution in [0.3, 0.4) is 0 Å². The van der Waals surface area contributed by atoms with E-state index in [1.807, 2.05) is 11.1 Å². The van der Waals surface area contributed by atoms with Gasteiger partial charge in [0.15, 0.2) is 0 Å². The van der Waals surface area contributed by atoms with E-state index in [0.717, 1.165) is 19.2 Å². The molecule has 2 atom stereocenters. The van der Waals surface area contributed by atoms with Gasteiger partial charge in [-0.1, -0.05) is 0 Å². The number of halogens is 2. The Hall–Kier alpha value is -2.19. The molecular weight excluding hydrogens is 814 g/mol. The molecule has 3 heteroatoms. The summed E-state index contributed by atoms with van der Waals surface area (Å²) in [5.74, 6) is 1.56. The molecule has 4 aliphatic carbocycles. The smallest absolute Gasteiger partial charge is 1.00 e. The summed E-state index contributed by atoms with van der Waals surface area (Å²) in [4.78, 5) is 0. The van der Waals surface area contributed by atoms with Crippen LogP contribution in [0.2, 0.25) is 8.35 Å². The maximum absolute atomic E-state index is 3.15. The summed E-state index contributed by atoms with van der Waals surface area (Å²) in [7, 11) is 0. The largest absolute Gasteiger partial charge is 1.00 e. The van der Waals surface area contributed by atoms with E-state index in [1.165, 1.54) is 104 Å². The molecule has 4 aromatic rings. The maximum atomic E-state index is 2.80. The number of allylic oxidation sites excluding steroid dienone is 2. The van der Waals surface area contributed by atoms with Gasteiger partial charge in [-0.05, 0) is 0 Å². The Morgan fingerprint density at radius 3 is 1.22 bits per heavy atom.